The summed E-state index contributed by atoms with van der Waals surface area (Å²) >= 11 is 5.81. The largest absolute Gasteiger partial charge is 0.437 e. The van der Waals surface area contributed by atoms with E-state index in [4.69, 9.17) is 16.4 Å². The van der Waals surface area contributed by atoms with E-state index < -0.39 is 6.09 Å². The zero-order valence-electron chi connectivity index (χ0n) is 13.1. The number of pyridine rings is 1. The van der Waals surface area contributed by atoms with Gasteiger partial charge in [0, 0.05) is 22.5 Å². The summed E-state index contributed by atoms with van der Waals surface area (Å²) in [4.78, 5) is 21.3. The lowest BCUT2D eigenvalue weighted by molar-refractivity contribution is 0.166. The SMILES string of the molecule is O=C(Nc1ccc(Cl)cc1)O/N=C(/c1ccccc1)c1ccccn1. The topological polar surface area (TPSA) is 63.6 Å². The van der Waals surface area contributed by atoms with Gasteiger partial charge in [-0.1, -0.05) is 53.2 Å². The normalized spacial score (nSPS) is 11.0. The smallest absolute Gasteiger partial charge is 0.297 e. The minimum Gasteiger partial charge on any atom is -0.297 e. The van der Waals surface area contributed by atoms with Crippen molar-refractivity contribution < 1.29 is 9.63 Å². The summed E-state index contributed by atoms with van der Waals surface area (Å²) in [5.74, 6) is 0. The summed E-state index contributed by atoms with van der Waals surface area (Å²) < 4.78 is 0. The molecule has 0 aliphatic rings. The van der Waals surface area contributed by atoms with Gasteiger partial charge >= 0.3 is 6.09 Å². The van der Waals surface area contributed by atoms with Gasteiger partial charge in [-0.2, -0.15) is 0 Å². The van der Waals surface area contributed by atoms with Crippen molar-refractivity contribution >= 4 is 29.1 Å². The van der Waals surface area contributed by atoms with Crippen molar-refractivity contribution in [3.63, 3.8) is 0 Å². The fraction of sp³-hybridized carbons (Fsp3) is 0. The Bertz CT molecular complexity index is 825. The molecular weight excluding hydrogens is 338 g/mol. The van der Waals surface area contributed by atoms with E-state index in [1.807, 2.05) is 36.4 Å². The van der Waals surface area contributed by atoms with Gasteiger partial charge in [0.05, 0.1) is 5.69 Å². The number of hydrogen-bond acceptors (Lipinski definition) is 4. The number of oxime groups is 1. The van der Waals surface area contributed by atoms with Gasteiger partial charge in [-0.05, 0) is 36.4 Å². The number of aromatic nitrogens is 1. The van der Waals surface area contributed by atoms with E-state index in [1.54, 1.807) is 42.6 Å². The maximum absolute atomic E-state index is 12.0. The molecule has 0 fully saturated rings. The number of nitrogens with zero attached hydrogens (tertiary/aromatic N) is 2. The Balaban J connectivity index is 1.79. The Morgan fingerprint density at radius 1 is 0.960 bits per heavy atom. The molecule has 124 valence electrons. The van der Waals surface area contributed by atoms with Crippen molar-refractivity contribution in [1.29, 1.82) is 0 Å². The Hall–Kier alpha value is -3.18. The standard InChI is InChI=1S/C19H14ClN3O2/c20-15-9-11-16(12-10-15)22-19(24)25-23-18(14-6-2-1-3-7-14)17-8-4-5-13-21-17/h1-13H,(H,22,24)/b23-18-. The average molecular weight is 352 g/mol. The summed E-state index contributed by atoms with van der Waals surface area (Å²) in [5, 5.41) is 7.16. The Kier molecular flexibility index (Phi) is 5.39. The maximum Gasteiger partial charge on any atom is 0.437 e. The van der Waals surface area contributed by atoms with Gasteiger partial charge in [-0.3, -0.25) is 15.1 Å². The second-order valence-corrected chi connectivity index (χ2v) is 5.47. The van der Waals surface area contributed by atoms with Crippen LogP contribution in [0, 0.1) is 0 Å². The average Bonchev–Trinajstić information content (AvgIpc) is 2.66. The first-order valence-electron chi connectivity index (χ1n) is 7.51. The highest BCUT2D eigenvalue weighted by atomic mass is 35.5. The Morgan fingerprint density at radius 3 is 2.36 bits per heavy atom. The lowest BCUT2D eigenvalue weighted by Crippen LogP contribution is -2.13. The fourth-order valence-electron chi connectivity index (χ4n) is 2.11. The zero-order chi connectivity index (χ0) is 17.5. The monoisotopic (exact) mass is 351 g/mol. The van der Waals surface area contributed by atoms with Crippen LogP contribution in [0.25, 0.3) is 0 Å². The first kappa shape index (κ1) is 16.7. The summed E-state index contributed by atoms with van der Waals surface area (Å²) in [7, 11) is 0. The van der Waals surface area contributed by atoms with E-state index in [9.17, 15) is 4.79 Å². The summed E-state index contributed by atoms with van der Waals surface area (Å²) in [6, 6.07) is 21.5. The molecule has 0 unspecified atom stereocenters. The number of halogens is 1. The van der Waals surface area contributed by atoms with Crippen LogP contribution in [0.5, 0.6) is 0 Å². The molecule has 1 N–H and O–H groups in total. The van der Waals surface area contributed by atoms with Crippen LogP contribution < -0.4 is 5.32 Å². The van der Waals surface area contributed by atoms with E-state index in [-0.39, 0.29) is 0 Å². The Morgan fingerprint density at radius 2 is 1.68 bits per heavy atom. The molecule has 1 aromatic heterocycles. The van der Waals surface area contributed by atoms with E-state index >= 15 is 0 Å². The molecule has 0 bridgehead atoms. The van der Waals surface area contributed by atoms with Gasteiger partial charge in [0.1, 0.15) is 5.71 Å². The molecule has 0 atom stereocenters. The molecule has 1 amide bonds. The molecule has 0 radical (unpaired) electrons. The van der Waals surface area contributed by atoms with Gasteiger partial charge in [-0.15, -0.1) is 0 Å². The summed E-state index contributed by atoms with van der Waals surface area (Å²) in [6.07, 6.45) is 0.952. The van der Waals surface area contributed by atoms with Crippen LogP contribution in [-0.4, -0.2) is 16.8 Å². The van der Waals surface area contributed by atoms with Gasteiger partial charge in [0.25, 0.3) is 0 Å². The highest BCUT2D eigenvalue weighted by Crippen LogP contribution is 2.14. The first-order valence-corrected chi connectivity index (χ1v) is 7.88. The predicted molar refractivity (Wildman–Crippen MR) is 97.9 cm³/mol. The molecule has 3 aromatic rings. The van der Waals surface area contributed by atoms with Crippen LogP contribution in [0.15, 0.2) is 84.1 Å². The predicted octanol–water partition coefficient (Wildman–Crippen LogP) is 4.74. The summed E-state index contributed by atoms with van der Waals surface area (Å²) in [5.41, 5.74) is 2.42. The van der Waals surface area contributed by atoms with Crippen LogP contribution in [-0.2, 0) is 4.84 Å². The molecule has 2 aromatic carbocycles. The van der Waals surface area contributed by atoms with E-state index in [2.05, 4.69) is 15.5 Å². The molecule has 3 rings (SSSR count). The second-order valence-electron chi connectivity index (χ2n) is 5.03. The second kappa shape index (κ2) is 8.08. The number of benzene rings is 2. The van der Waals surface area contributed by atoms with E-state index in [0.717, 1.165) is 5.56 Å². The fourth-order valence-corrected chi connectivity index (χ4v) is 2.23. The highest BCUT2D eigenvalue weighted by Gasteiger charge is 2.11. The van der Waals surface area contributed by atoms with Crippen molar-refractivity contribution in [3.05, 3.63) is 95.3 Å². The van der Waals surface area contributed by atoms with Crippen molar-refractivity contribution in [1.82, 2.24) is 4.98 Å². The number of carbonyl (C=O) groups excluding carboxylic acids is 1. The number of nitrogens with one attached hydrogen (secondary N) is 1. The number of anilines is 1. The third kappa shape index (κ3) is 4.65. The van der Waals surface area contributed by atoms with Crippen LogP contribution in [0.2, 0.25) is 5.02 Å². The van der Waals surface area contributed by atoms with Crippen molar-refractivity contribution in [2.75, 3.05) is 5.32 Å². The molecule has 0 saturated heterocycles. The third-order valence-electron chi connectivity index (χ3n) is 3.27. The molecule has 25 heavy (non-hydrogen) atoms. The highest BCUT2D eigenvalue weighted by molar-refractivity contribution is 6.30. The van der Waals surface area contributed by atoms with E-state index in [1.165, 1.54) is 0 Å². The minimum atomic E-state index is -0.702. The first-order chi connectivity index (χ1) is 12.2. The van der Waals surface area contributed by atoms with Crippen LogP contribution >= 0.6 is 11.6 Å². The molecule has 0 spiro atoms. The number of carbonyl (C=O) groups is 1. The number of amides is 1. The van der Waals surface area contributed by atoms with Gasteiger partial charge < -0.3 is 0 Å². The molecule has 0 aliphatic heterocycles. The third-order valence-corrected chi connectivity index (χ3v) is 3.52. The molecular formula is C19H14ClN3O2. The molecule has 0 aliphatic carbocycles. The van der Waals surface area contributed by atoms with Crippen molar-refractivity contribution in [2.45, 2.75) is 0 Å². The Labute approximate surface area is 149 Å². The number of hydrogen-bond donors (Lipinski definition) is 1. The van der Waals surface area contributed by atoms with Crippen LogP contribution in [0.4, 0.5) is 10.5 Å². The van der Waals surface area contributed by atoms with Gasteiger partial charge in [-0.25, -0.2) is 4.79 Å². The quantitative estimate of drug-likeness (QED) is 0.419. The van der Waals surface area contributed by atoms with Crippen molar-refractivity contribution in [2.24, 2.45) is 5.16 Å². The summed E-state index contributed by atoms with van der Waals surface area (Å²) in [6.45, 7) is 0. The van der Waals surface area contributed by atoms with E-state index in [0.29, 0.717) is 22.1 Å². The minimum absolute atomic E-state index is 0.465. The van der Waals surface area contributed by atoms with Crippen LogP contribution in [0.1, 0.15) is 11.3 Å². The molecule has 6 heteroatoms. The zero-order valence-corrected chi connectivity index (χ0v) is 13.9. The lowest BCUT2D eigenvalue weighted by atomic mass is 10.1. The van der Waals surface area contributed by atoms with Crippen LogP contribution in [0.3, 0.4) is 0 Å². The lowest BCUT2D eigenvalue weighted by Gasteiger charge is -2.07. The molecule has 0 saturated carbocycles. The van der Waals surface area contributed by atoms with Crippen molar-refractivity contribution in [3.8, 4) is 0 Å². The molecule has 5 nitrogen and oxygen atoms in total. The number of rotatable bonds is 4. The maximum atomic E-state index is 12.0. The van der Waals surface area contributed by atoms with Gasteiger partial charge in [0.2, 0.25) is 0 Å². The van der Waals surface area contributed by atoms with Gasteiger partial charge in [0.15, 0.2) is 0 Å². The molecule has 1 heterocycles.